The van der Waals surface area contributed by atoms with Gasteiger partial charge in [-0.2, -0.15) is 0 Å². The maximum Gasteiger partial charge on any atom is 0.321 e. The quantitative estimate of drug-likeness (QED) is 0.496. The molecule has 0 aromatic heterocycles. The van der Waals surface area contributed by atoms with Crippen LogP contribution in [-0.2, 0) is 26.7 Å². The monoisotopic (exact) mass is 196 g/mol. The number of hydrogen-bond donors (Lipinski definition) is 3. The van der Waals surface area contributed by atoms with E-state index in [-0.39, 0.29) is 17.1 Å². The molecule has 0 aromatic carbocycles. The Kier molecular flexibility index (Phi) is 6.34. The predicted molar refractivity (Wildman–Crippen MR) is 27.9 cm³/mol. The summed E-state index contributed by atoms with van der Waals surface area (Å²) in [5.74, 6) is -2.50. The van der Waals surface area contributed by atoms with Gasteiger partial charge in [-0.1, -0.05) is 0 Å². The first-order chi connectivity index (χ1) is 4.04. The van der Waals surface area contributed by atoms with Gasteiger partial charge in [0.05, 0.1) is 6.42 Å². The second-order valence-corrected chi connectivity index (χ2v) is 1.54. The van der Waals surface area contributed by atoms with Crippen LogP contribution in [0.15, 0.2) is 0 Å². The fraction of sp³-hybridized carbons (Fsp3) is 0.500. The summed E-state index contributed by atoms with van der Waals surface area (Å²) in [5, 5.41) is 16.0. The Morgan fingerprint density at radius 3 is 1.90 bits per heavy atom. The Hall–Kier alpha value is -0.581. The second kappa shape index (κ2) is 5.22. The Morgan fingerprint density at radius 1 is 1.40 bits per heavy atom. The molecule has 0 spiro atoms. The Labute approximate surface area is 67.7 Å². The Morgan fingerprint density at radius 2 is 1.80 bits per heavy atom. The summed E-state index contributed by atoms with van der Waals surface area (Å²) in [7, 11) is 0. The van der Waals surface area contributed by atoms with Gasteiger partial charge in [-0.15, -0.1) is 0 Å². The van der Waals surface area contributed by atoms with Gasteiger partial charge in [0.15, 0.2) is 0 Å². The first kappa shape index (κ1) is 12.1. The van der Waals surface area contributed by atoms with E-state index in [0.29, 0.717) is 0 Å². The van der Waals surface area contributed by atoms with Crippen LogP contribution in [0.2, 0.25) is 0 Å². The van der Waals surface area contributed by atoms with Gasteiger partial charge in [0.1, 0.15) is 6.04 Å². The standard InChI is InChI=1S/C4H7NO4.Cu/c5-2(4(8)9)1-3(6)7;/h2H,1,5H2,(H,6,7)(H,8,9);. The van der Waals surface area contributed by atoms with Crippen LogP contribution in [0.4, 0.5) is 0 Å². The molecule has 1 atom stereocenters. The molecule has 0 saturated heterocycles. The summed E-state index contributed by atoms with van der Waals surface area (Å²) < 4.78 is 0. The van der Waals surface area contributed by atoms with Crippen LogP contribution in [0.5, 0.6) is 0 Å². The van der Waals surface area contributed by atoms with E-state index in [1.165, 1.54) is 0 Å². The second-order valence-electron chi connectivity index (χ2n) is 1.54. The normalized spacial score (nSPS) is 11.3. The summed E-state index contributed by atoms with van der Waals surface area (Å²) in [4.78, 5) is 19.6. The van der Waals surface area contributed by atoms with Gasteiger partial charge in [-0.05, 0) is 0 Å². The van der Waals surface area contributed by atoms with Crippen LogP contribution >= 0.6 is 0 Å². The van der Waals surface area contributed by atoms with Crippen LogP contribution in [0.3, 0.4) is 0 Å². The van der Waals surface area contributed by atoms with Gasteiger partial charge in [0.25, 0.3) is 0 Å². The molecule has 0 bridgehead atoms. The van der Waals surface area contributed by atoms with Gasteiger partial charge in [-0.25, -0.2) is 0 Å². The van der Waals surface area contributed by atoms with Gasteiger partial charge in [0, 0.05) is 17.1 Å². The molecule has 0 fully saturated rings. The predicted octanol–water partition coefficient (Wildman–Crippen LogP) is -1.13. The minimum absolute atomic E-state index is 0. The van der Waals surface area contributed by atoms with Gasteiger partial charge in [0.2, 0.25) is 0 Å². The van der Waals surface area contributed by atoms with Crippen molar-refractivity contribution in [1.82, 2.24) is 0 Å². The molecule has 0 amide bonds. The van der Waals surface area contributed by atoms with E-state index in [0.717, 1.165) is 0 Å². The zero-order valence-corrected chi connectivity index (χ0v) is 5.82. The molecule has 5 nitrogen and oxygen atoms in total. The van der Waals surface area contributed by atoms with Crippen LogP contribution in [-0.4, -0.2) is 28.2 Å². The average Bonchev–Trinajstić information content (AvgIpc) is 1.63. The van der Waals surface area contributed by atoms with Crippen LogP contribution < -0.4 is 5.73 Å². The smallest absolute Gasteiger partial charge is 0.321 e. The number of carboxylic acids is 2. The maximum atomic E-state index is 9.85. The Balaban J connectivity index is 0. The summed E-state index contributed by atoms with van der Waals surface area (Å²) in [6.45, 7) is 0. The molecule has 6 heteroatoms. The first-order valence-electron chi connectivity index (χ1n) is 2.24. The molecular formula is C4H7CuNO4. The van der Waals surface area contributed by atoms with Crippen molar-refractivity contribution in [2.75, 3.05) is 0 Å². The zero-order chi connectivity index (χ0) is 7.44. The SMILES string of the molecule is NC(CC(=O)O)C(=O)O.[Cu]. The number of nitrogens with two attached hydrogens (primary N) is 1. The number of carboxylic acid groups (broad SMARTS) is 2. The van der Waals surface area contributed by atoms with Crippen LogP contribution in [0, 0.1) is 0 Å². The first-order valence-corrected chi connectivity index (χ1v) is 2.24. The van der Waals surface area contributed by atoms with Gasteiger partial charge in [-0.3, -0.25) is 9.59 Å². The third-order valence-corrected chi connectivity index (χ3v) is 0.712. The molecule has 1 unspecified atom stereocenters. The van der Waals surface area contributed by atoms with E-state index in [1.807, 2.05) is 0 Å². The fourth-order valence-electron chi connectivity index (χ4n) is 0.275. The van der Waals surface area contributed by atoms with E-state index in [2.05, 4.69) is 0 Å². The zero-order valence-electron chi connectivity index (χ0n) is 4.87. The summed E-state index contributed by atoms with van der Waals surface area (Å²) in [5.41, 5.74) is 4.84. The third-order valence-electron chi connectivity index (χ3n) is 0.712. The molecule has 63 valence electrons. The fourth-order valence-corrected chi connectivity index (χ4v) is 0.275. The third kappa shape index (κ3) is 5.55. The number of hydrogen-bond acceptors (Lipinski definition) is 3. The van der Waals surface area contributed by atoms with E-state index < -0.39 is 24.4 Å². The molecule has 0 aliphatic heterocycles. The largest absolute Gasteiger partial charge is 0.481 e. The number of aliphatic carboxylic acids is 2. The molecule has 1 radical (unpaired) electrons. The summed E-state index contributed by atoms with van der Waals surface area (Å²) >= 11 is 0. The minimum atomic E-state index is -1.29. The van der Waals surface area contributed by atoms with Crippen molar-refractivity contribution in [3.8, 4) is 0 Å². The minimum Gasteiger partial charge on any atom is -0.481 e. The molecule has 0 aromatic rings. The van der Waals surface area contributed by atoms with E-state index in [9.17, 15) is 9.59 Å². The van der Waals surface area contributed by atoms with E-state index in [1.54, 1.807) is 0 Å². The maximum absolute atomic E-state index is 9.85. The van der Waals surface area contributed by atoms with E-state index >= 15 is 0 Å². The van der Waals surface area contributed by atoms with Crippen LogP contribution in [0.1, 0.15) is 6.42 Å². The summed E-state index contributed by atoms with van der Waals surface area (Å²) in [6.07, 6.45) is -0.532. The molecule has 0 heterocycles. The van der Waals surface area contributed by atoms with Crippen molar-refractivity contribution in [3.05, 3.63) is 0 Å². The summed E-state index contributed by atoms with van der Waals surface area (Å²) in [6, 6.07) is -1.29. The molecular weight excluding hydrogens is 190 g/mol. The van der Waals surface area contributed by atoms with Crippen molar-refractivity contribution in [3.63, 3.8) is 0 Å². The van der Waals surface area contributed by atoms with Crippen molar-refractivity contribution in [2.24, 2.45) is 5.73 Å². The Bertz CT molecular complexity index is 137. The van der Waals surface area contributed by atoms with Gasteiger partial charge < -0.3 is 15.9 Å². The van der Waals surface area contributed by atoms with Gasteiger partial charge >= 0.3 is 11.9 Å². The molecule has 0 aliphatic carbocycles. The molecule has 4 N–H and O–H groups in total. The topological polar surface area (TPSA) is 101 Å². The number of rotatable bonds is 3. The van der Waals surface area contributed by atoms with Crippen molar-refractivity contribution < 1.29 is 36.9 Å². The molecule has 0 aliphatic rings. The number of carbonyl (C=O) groups is 2. The molecule has 10 heavy (non-hydrogen) atoms. The van der Waals surface area contributed by atoms with Crippen molar-refractivity contribution in [1.29, 1.82) is 0 Å². The molecule has 0 saturated carbocycles. The van der Waals surface area contributed by atoms with Crippen molar-refractivity contribution >= 4 is 11.9 Å². The van der Waals surface area contributed by atoms with E-state index in [4.69, 9.17) is 15.9 Å². The molecule has 0 rings (SSSR count). The van der Waals surface area contributed by atoms with Crippen LogP contribution in [0.25, 0.3) is 0 Å². The average molecular weight is 197 g/mol. The van der Waals surface area contributed by atoms with Crippen molar-refractivity contribution in [2.45, 2.75) is 12.5 Å².